The Balaban J connectivity index is 2.10. The first-order chi connectivity index (χ1) is 11.0. The summed E-state index contributed by atoms with van der Waals surface area (Å²) in [7, 11) is 0. The zero-order valence-corrected chi connectivity index (χ0v) is 13.5. The van der Waals surface area contributed by atoms with Crippen LogP contribution in [0, 0.1) is 11.3 Å². The third kappa shape index (κ3) is 4.58. The fourth-order valence-electron chi connectivity index (χ4n) is 2.22. The van der Waals surface area contributed by atoms with Gasteiger partial charge in [-0.3, -0.25) is 4.79 Å². The zero-order valence-electron chi connectivity index (χ0n) is 13.5. The molecular formula is C19H20N2O2. The van der Waals surface area contributed by atoms with Crippen molar-refractivity contribution < 1.29 is 9.53 Å². The number of nitrogens with zero attached hydrogens (tertiary/aromatic N) is 1. The summed E-state index contributed by atoms with van der Waals surface area (Å²) in [5.41, 5.74) is 1.91. The third-order valence-corrected chi connectivity index (χ3v) is 3.33. The number of hydrogen-bond donors (Lipinski definition) is 1. The molecule has 0 bridgehead atoms. The molecule has 0 saturated heterocycles. The number of benzene rings is 2. The lowest BCUT2D eigenvalue weighted by atomic mass is 10.1. The van der Waals surface area contributed by atoms with Crippen molar-refractivity contribution in [1.29, 1.82) is 5.26 Å². The first-order valence-electron chi connectivity index (χ1n) is 7.57. The highest BCUT2D eigenvalue weighted by atomic mass is 16.5. The molecule has 1 atom stereocenters. The molecule has 23 heavy (non-hydrogen) atoms. The summed E-state index contributed by atoms with van der Waals surface area (Å²) < 4.78 is 5.68. The van der Waals surface area contributed by atoms with Gasteiger partial charge in [0.05, 0.1) is 23.8 Å². The van der Waals surface area contributed by atoms with Gasteiger partial charge in [-0.25, -0.2) is 0 Å². The molecule has 0 saturated carbocycles. The Kier molecular flexibility index (Phi) is 5.37. The van der Waals surface area contributed by atoms with E-state index in [0.29, 0.717) is 11.1 Å². The van der Waals surface area contributed by atoms with E-state index in [1.54, 1.807) is 24.3 Å². The van der Waals surface area contributed by atoms with E-state index < -0.39 is 0 Å². The predicted octanol–water partition coefficient (Wildman–Crippen LogP) is 3.84. The smallest absolute Gasteiger partial charge is 0.251 e. The van der Waals surface area contributed by atoms with Crippen LogP contribution in [-0.2, 0) is 0 Å². The van der Waals surface area contributed by atoms with Gasteiger partial charge >= 0.3 is 0 Å². The number of nitrogens with one attached hydrogen (secondary N) is 1. The van der Waals surface area contributed by atoms with E-state index >= 15 is 0 Å². The van der Waals surface area contributed by atoms with Gasteiger partial charge in [-0.05, 0) is 56.7 Å². The second-order valence-electron chi connectivity index (χ2n) is 5.63. The second-order valence-corrected chi connectivity index (χ2v) is 5.63. The molecule has 0 fully saturated rings. The van der Waals surface area contributed by atoms with E-state index in [9.17, 15) is 4.79 Å². The Hall–Kier alpha value is -2.80. The van der Waals surface area contributed by atoms with Crippen molar-refractivity contribution in [2.75, 3.05) is 0 Å². The van der Waals surface area contributed by atoms with Gasteiger partial charge < -0.3 is 10.1 Å². The molecule has 2 rings (SSSR count). The quantitative estimate of drug-likeness (QED) is 0.913. The van der Waals surface area contributed by atoms with E-state index in [1.165, 1.54) is 0 Å². The summed E-state index contributed by atoms with van der Waals surface area (Å²) in [5, 5.41) is 11.9. The number of amides is 1. The van der Waals surface area contributed by atoms with Crippen molar-refractivity contribution in [3.05, 3.63) is 65.2 Å². The lowest BCUT2D eigenvalue weighted by molar-refractivity contribution is 0.0939. The van der Waals surface area contributed by atoms with E-state index in [0.717, 1.165) is 11.3 Å². The summed E-state index contributed by atoms with van der Waals surface area (Å²) in [6.45, 7) is 5.86. The van der Waals surface area contributed by atoms with Gasteiger partial charge in [0.15, 0.2) is 0 Å². The molecule has 0 aliphatic heterocycles. The molecule has 2 aromatic rings. The standard InChI is InChI=1S/C19H20N2O2/c1-13(2)23-18-9-5-7-16(11-18)14(3)21-19(22)17-8-4-6-15(10-17)12-20/h4-11,13-14H,1-3H3,(H,21,22). The van der Waals surface area contributed by atoms with Crippen molar-refractivity contribution in [3.8, 4) is 11.8 Å². The Morgan fingerprint density at radius 3 is 2.57 bits per heavy atom. The van der Waals surface area contributed by atoms with Crippen molar-refractivity contribution in [2.45, 2.75) is 32.9 Å². The molecule has 1 N–H and O–H groups in total. The molecule has 1 unspecified atom stereocenters. The Morgan fingerprint density at radius 2 is 1.87 bits per heavy atom. The maximum atomic E-state index is 12.3. The topological polar surface area (TPSA) is 62.1 Å². The van der Waals surface area contributed by atoms with Gasteiger partial charge in [0, 0.05) is 5.56 Å². The highest BCUT2D eigenvalue weighted by Crippen LogP contribution is 2.20. The van der Waals surface area contributed by atoms with Gasteiger partial charge in [-0.1, -0.05) is 18.2 Å². The summed E-state index contributed by atoms with van der Waals surface area (Å²) in [5.74, 6) is 0.579. The monoisotopic (exact) mass is 308 g/mol. The zero-order chi connectivity index (χ0) is 16.8. The number of ether oxygens (including phenoxy) is 1. The van der Waals surface area contributed by atoms with Crippen LogP contribution in [0.3, 0.4) is 0 Å². The Bertz CT molecular complexity index is 732. The lowest BCUT2D eigenvalue weighted by Crippen LogP contribution is -2.26. The fourth-order valence-corrected chi connectivity index (χ4v) is 2.22. The van der Waals surface area contributed by atoms with Crippen molar-refractivity contribution in [1.82, 2.24) is 5.32 Å². The van der Waals surface area contributed by atoms with Crippen LogP contribution in [0.5, 0.6) is 5.75 Å². The van der Waals surface area contributed by atoms with E-state index in [4.69, 9.17) is 10.00 Å². The normalized spacial score (nSPS) is 11.6. The molecule has 0 aromatic heterocycles. The fraction of sp³-hybridized carbons (Fsp3) is 0.263. The number of hydrogen-bond acceptors (Lipinski definition) is 3. The first kappa shape index (κ1) is 16.6. The molecule has 4 heteroatoms. The highest BCUT2D eigenvalue weighted by Gasteiger charge is 2.12. The summed E-state index contributed by atoms with van der Waals surface area (Å²) in [6.07, 6.45) is 0.101. The Morgan fingerprint density at radius 1 is 1.13 bits per heavy atom. The van der Waals surface area contributed by atoms with E-state index in [2.05, 4.69) is 5.32 Å². The summed E-state index contributed by atoms with van der Waals surface area (Å²) >= 11 is 0. The molecule has 0 aliphatic rings. The molecule has 2 aromatic carbocycles. The third-order valence-electron chi connectivity index (χ3n) is 3.33. The van der Waals surface area contributed by atoms with Crippen LogP contribution in [0.15, 0.2) is 48.5 Å². The van der Waals surface area contributed by atoms with Gasteiger partial charge in [0.25, 0.3) is 5.91 Å². The summed E-state index contributed by atoms with van der Waals surface area (Å²) in [4.78, 5) is 12.3. The minimum absolute atomic E-state index is 0.101. The minimum atomic E-state index is -0.204. The van der Waals surface area contributed by atoms with Crippen LogP contribution in [0.2, 0.25) is 0 Å². The Labute approximate surface area is 136 Å². The molecular weight excluding hydrogens is 288 g/mol. The molecule has 0 spiro atoms. The van der Waals surface area contributed by atoms with Gasteiger partial charge in [0.1, 0.15) is 5.75 Å². The molecule has 118 valence electrons. The maximum absolute atomic E-state index is 12.3. The molecule has 0 heterocycles. The van der Waals surface area contributed by atoms with Crippen LogP contribution in [0.1, 0.15) is 48.3 Å². The number of rotatable bonds is 5. The second kappa shape index (κ2) is 7.46. The highest BCUT2D eigenvalue weighted by molar-refractivity contribution is 5.94. The average molecular weight is 308 g/mol. The summed E-state index contributed by atoms with van der Waals surface area (Å²) in [6, 6.07) is 16.2. The van der Waals surface area contributed by atoms with Crippen LogP contribution < -0.4 is 10.1 Å². The van der Waals surface area contributed by atoms with Crippen molar-refractivity contribution in [3.63, 3.8) is 0 Å². The van der Waals surface area contributed by atoms with E-state index in [-0.39, 0.29) is 18.1 Å². The number of nitriles is 1. The molecule has 1 amide bonds. The maximum Gasteiger partial charge on any atom is 0.251 e. The number of carbonyl (C=O) groups excluding carboxylic acids is 1. The van der Waals surface area contributed by atoms with Crippen molar-refractivity contribution in [2.24, 2.45) is 0 Å². The van der Waals surface area contributed by atoms with E-state index in [1.807, 2.05) is 51.1 Å². The van der Waals surface area contributed by atoms with Crippen LogP contribution in [0.4, 0.5) is 0 Å². The molecule has 0 radical (unpaired) electrons. The molecule has 4 nitrogen and oxygen atoms in total. The minimum Gasteiger partial charge on any atom is -0.491 e. The lowest BCUT2D eigenvalue weighted by Gasteiger charge is -2.16. The van der Waals surface area contributed by atoms with Crippen LogP contribution >= 0.6 is 0 Å². The predicted molar refractivity (Wildman–Crippen MR) is 89.2 cm³/mol. The van der Waals surface area contributed by atoms with Crippen LogP contribution in [-0.4, -0.2) is 12.0 Å². The van der Waals surface area contributed by atoms with Gasteiger partial charge in [-0.2, -0.15) is 5.26 Å². The van der Waals surface area contributed by atoms with Crippen molar-refractivity contribution >= 4 is 5.91 Å². The average Bonchev–Trinajstić information content (AvgIpc) is 2.54. The SMILES string of the molecule is CC(C)Oc1cccc(C(C)NC(=O)c2cccc(C#N)c2)c1. The molecule has 0 aliphatic carbocycles. The number of carbonyl (C=O) groups is 1. The largest absolute Gasteiger partial charge is 0.491 e. The van der Waals surface area contributed by atoms with Crippen LogP contribution in [0.25, 0.3) is 0 Å². The van der Waals surface area contributed by atoms with Gasteiger partial charge in [-0.15, -0.1) is 0 Å². The first-order valence-corrected chi connectivity index (χ1v) is 7.57. The van der Waals surface area contributed by atoms with Gasteiger partial charge in [0.2, 0.25) is 0 Å².